The molecule has 0 saturated carbocycles. The third-order valence-corrected chi connectivity index (χ3v) is 2.97. The molecule has 0 unspecified atom stereocenters. The van der Waals surface area contributed by atoms with Crippen molar-refractivity contribution in [3.63, 3.8) is 0 Å². The molecule has 0 heterocycles. The second-order valence-corrected chi connectivity index (χ2v) is 4.23. The minimum Gasteiger partial charge on any atom is -0.493 e. The van der Waals surface area contributed by atoms with Crippen LogP contribution in [0.15, 0.2) is 36.4 Å². The number of nitrogens with two attached hydrogens (primary N) is 1. The molecule has 0 fully saturated rings. The minimum absolute atomic E-state index is 0.612. The van der Waals surface area contributed by atoms with E-state index in [1.807, 2.05) is 37.3 Å². The Balaban J connectivity index is 2.38. The highest BCUT2D eigenvalue weighted by molar-refractivity contribution is 5.77. The number of nitrogen functional groups attached to an aromatic ring is 1. The highest BCUT2D eigenvalue weighted by Crippen LogP contribution is 2.36. The van der Waals surface area contributed by atoms with Gasteiger partial charge in [-0.1, -0.05) is 18.2 Å². The van der Waals surface area contributed by atoms with Gasteiger partial charge >= 0.3 is 0 Å². The second kappa shape index (κ2) is 5.52. The first kappa shape index (κ1) is 13.1. The van der Waals surface area contributed by atoms with E-state index in [4.69, 9.17) is 15.2 Å². The average Bonchev–Trinajstić information content (AvgIpc) is 2.42. The Bertz CT molecular complexity index is 582. The second-order valence-electron chi connectivity index (χ2n) is 4.23. The Hall–Kier alpha value is -2.36. The molecule has 2 rings (SSSR count). The van der Waals surface area contributed by atoms with Crippen molar-refractivity contribution in [2.75, 3.05) is 25.3 Å². The summed E-state index contributed by atoms with van der Waals surface area (Å²) in [5.41, 5.74) is 9.60. The van der Waals surface area contributed by atoms with Gasteiger partial charge in [0, 0.05) is 17.8 Å². The van der Waals surface area contributed by atoms with Gasteiger partial charge in [0.2, 0.25) is 0 Å². The Labute approximate surface area is 113 Å². The number of ether oxygens (including phenoxy) is 2. The summed E-state index contributed by atoms with van der Waals surface area (Å²) in [6.07, 6.45) is 0. The number of methoxy groups -OCH3 is 2. The first-order valence-corrected chi connectivity index (χ1v) is 6.00. The van der Waals surface area contributed by atoms with Crippen molar-refractivity contribution in [1.82, 2.24) is 0 Å². The number of aryl methyl sites for hydroxylation is 1. The van der Waals surface area contributed by atoms with Crippen molar-refractivity contribution >= 4 is 17.1 Å². The van der Waals surface area contributed by atoms with Crippen LogP contribution in [-0.2, 0) is 0 Å². The van der Waals surface area contributed by atoms with E-state index in [2.05, 4.69) is 5.32 Å². The number of anilines is 3. The number of hydrogen-bond donors (Lipinski definition) is 2. The molecule has 0 amide bonds. The van der Waals surface area contributed by atoms with Gasteiger partial charge in [-0.3, -0.25) is 0 Å². The third-order valence-electron chi connectivity index (χ3n) is 2.97. The summed E-state index contributed by atoms with van der Waals surface area (Å²) < 4.78 is 10.5. The van der Waals surface area contributed by atoms with Crippen LogP contribution >= 0.6 is 0 Å². The Morgan fingerprint density at radius 2 is 1.58 bits per heavy atom. The summed E-state index contributed by atoms with van der Waals surface area (Å²) in [4.78, 5) is 0. The van der Waals surface area contributed by atoms with Crippen LogP contribution in [0.3, 0.4) is 0 Å². The molecule has 100 valence electrons. The zero-order valence-electron chi connectivity index (χ0n) is 11.4. The van der Waals surface area contributed by atoms with Gasteiger partial charge in [0.1, 0.15) is 0 Å². The topological polar surface area (TPSA) is 56.5 Å². The predicted molar refractivity (Wildman–Crippen MR) is 78.4 cm³/mol. The molecule has 0 aliphatic carbocycles. The Morgan fingerprint density at radius 3 is 2.21 bits per heavy atom. The van der Waals surface area contributed by atoms with Gasteiger partial charge in [-0.15, -0.1) is 0 Å². The van der Waals surface area contributed by atoms with E-state index in [1.54, 1.807) is 20.3 Å². The quantitative estimate of drug-likeness (QED) is 0.826. The normalized spacial score (nSPS) is 10.1. The average molecular weight is 258 g/mol. The van der Waals surface area contributed by atoms with Gasteiger partial charge in [-0.2, -0.15) is 0 Å². The fraction of sp³-hybridized carbons (Fsp3) is 0.200. The maximum absolute atomic E-state index is 6.02. The van der Waals surface area contributed by atoms with Crippen LogP contribution in [0.1, 0.15) is 5.56 Å². The van der Waals surface area contributed by atoms with Crippen molar-refractivity contribution in [2.24, 2.45) is 0 Å². The summed E-state index contributed by atoms with van der Waals surface area (Å²) >= 11 is 0. The summed E-state index contributed by atoms with van der Waals surface area (Å²) in [6.45, 7) is 2.04. The van der Waals surface area contributed by atoms with Gasteiger partial charge in [-0.05, 0) is 18.6 Å². The standard InChI is InChI=1S/C15H18N2O2/c1-10-6-4-5-7-12(10)17-13-9-15(19-3)14(18-2)8-11(13)16/h4-9,17H,16H2,1-3H3. The van der Waals surface area contributed by atoms with E-state index in [1.165, 1.54) is 0 Å². The van der Waals surface area contributed by atoms with E-state index in [-0.39, 0.29) is 0 Å². The molecule has 4 heteroatoms. The van der Waals surface area contributed by atoms with Crippen molar-refractivity contribution in [2.45, 2.75) is 6.92 Å². The molecular weight excluding hydrogens is 240 g/mol. The van der Waals surface area contributed by atoms with Crippen LogP contribution < -0.4 is 20.5 Å². The third kappa shape index (κ3) is 2.73. The summed E-state index contributed by atoms with van der Waals surface area (Å²) in [7, 11) is 3.19. The molecule has 2 aromatic rings. The van der Waals surface area contributed by atoms with Crippen LogP contribution in [-0.4, -0.2) is 14.2 Å². The molecule has 4 nitrogen and oxygen atoms in total. The van der Waals surface area contributed by atoms with Gasteiger partial charge < -0.3 is 20.5 Å². The first-order chi connectivity index (χ1) is 9.15. The molecule has 0 radical (unpaired) electrons. The van der Waals surface area contributed by atoms with Crippen LogP contribution in [0.25, 0.3) is 0 Å². The molecule has 0 saturated heterocycles. The number of para-hydroxylation sites is 1. The SMILES string of the molecule is COc1cc(N)c(Nc2ccccc2C)cc1OC. The highest BCUT2D eigenvalue weighted by Gasteiger charge is 2.09. The van der Waals surface area contributed by atoms with Gasteiger partial charge in [0.25, 0.3) is 0 Å². The molecule has 0 aliphatic rings. The Kier molecular flexibility index (Phi) is 3.80. The number of rotatable bonds is 4. The minimum atomic E-state index is 0.612. The van der Waals surface area contributed by atoms with E-state index < -0.39 is 0 Å². The molecule has 0 bridgehead atoms. The lowest BCUT2D eigenvalue weighted by molar-refractivity contribution is 0.355. The fourth-order valence-corrected chi connectivity index (χ4v) is 1.86. The lowest BCUT2D eigenvalue weighted by Gasteiger charge is -2.15. The maximum Gasteiger partial charge on any atom is 0.162 e. The lowest BCUT2D eigenvalue weighted by Crippen LogP contribution is -2.00. The number of nitrogens with one attached hydrogen (secondary N) is 1. The molecule has 19 heavy (non-hydrogen) atoms. The highest BCUT2D eigenvalue weighted by atomic mass is 16.5. The molecule has 0 aliphatic heterocycles. The molecule has 0 atom stereocenters. The van der Waals surface area contributed by atoms with Crippen molar-refractivity contribution in [3.8, 4) is 11.5 Å². The van der Waals surface area contributed by atoms with E-state index in [9.17, 15) is 0 Å². The number of hydrogen-bond acceptors (Lipinski definition) is 4. The lowest BCUT2D eigenvalue weighted by atomic mass is 10.1. The molecule has 0 spiro atoms. The monoisotopic (exact) mass is 258 g/mol. The Morgan fingerprint density at radius 1 is 0.947 bits per heavy atom. The zero-order chi connectivity index (χ0) is 13.8. The van der Waals surface area contributed by atoms with E-state index in [0.29, 0.717) is 17.2 Å². The summed E-state index contributed by atoms with van der Waals surface area (Å²) in [6, 6.07) is 11.6. The fourth-order valence-electron chi connectivity index (χ4n) is 1.86. The maximum atomic E-state index is 6.02. The van der Waals surface area contributed by atoms with Crippen molar-refractivity contribution in [1.29, 1.82) is 0 Å². The van der Waals surface area contributed by atoms with Crippen LogP contribution in [0, 0.1) is 6.92 Å². The predicted octanol–water partition coefficient (Wildman–Crippen LogP) is 3.34. The van der Waals surface area contributed by atoms with Crippen LogP contribution in [0.4, 0.5) is 17.1 Å². The summed E-state index contributed by atoms with van der Waals surface area (Å²) in [5, 5.41) is 3.31. The smallest absolute Gasteiger partial charge is 0.162 e. The van der Waals surface area contributed by atoms with E-state index in [0.717, 1.165) is 16.9 Å². The first-order valence-electron chi connectivity index (χ1n) is 6.00. The van der Waals surface area contributed by atoms with Crippen LogP contribution in [0.5, 0.6) is 11.5 Å². The molecule has 3 N–H and O–H groups in total. The number of benzene rings is 2. The molecule has 0 aromatic heterocycles. The van der Waals surface area contributed by atoms with Crippen molar-refractivity contribution in [3.05, 3.63) is 42.0 Å². The van der Waals surface area contributed by atoms with Crippen molar-refractivity contribution < 1.29 is 9.47 Å². The van der Waals surface area contributed by atoms with E-state index >= 15 is 0 Å². The van der Waals surface area contributed by atoms with Gasteiger partial charge in [0.05, 0.1) is 25.6 Å². The van der Waals surface area contributed by atoms with Gasteiger partial charge in [-0.25, -0.2) is 0 Å². The van der Waals surface area contributed by atoms with Crippen LogP contribution in [0.2, 0.25) is 0 Å². The zero-order valence-corrected chi connectivity index (χ0v) is 11.4. The molecule has 2 aromatic carbocycles. The molecular formula is C15H18N2O2. The summed E-state index contributed by atoms with van der Waals surface area (Å²) in [5.74, 6) is 1.27. The van der Waals surface area contributed by atoms with Gasteiger partial charge in [0.15, 0.2) is 11.5 Å². The largest absolute Gasteiger partial charge is 0.493 e.